The molecule has 2 aromatic carbocycles. The number of benzene rings is 2. The maximum Gasteiger partial charge on any atom is 0.416 e. The number of rotatable bonds is 5. The van der Waals surface area contributed by atoms with Gasteiger partial charge in [0.1, 0.15) is 5.75 Å². The van der Waals surface area contributed by atoms with Crippen molar-refractivity contribution in [3.8, 4) is 5.75 Å². The first-order valence-electron chi connectivity index (χ1n) is 9.77. The highest BCUT2D eigenvalue weighted by atomic mass is 19.4. The Morgan fingerprint density at radius 3 is 2.23 bits per heavy atom. The lowest BCUT2D eigenvalue weighted by Crippen LogP contribution is -2.40. The molecular weight excluding hydrogens is 397 g/mol. The summed E-state index contributed by atoms with van der Waals surface area (Å²) in [5, 5.41) is 12.4. The number of nitrogens with one attached hydrogen (secondary N) is 1. The number of aromatic hydroxyl groups is 1. The fraction of sp³-hybridized carbons (Fsp3) is 0.364. The van der Waals surface area contributed by atoms with Crippen molar-refractivity contribution < 1.29 is 27.9 Å². The van der Waals surface area contributed by atoms with Crippen molar-refractivity contribution in [2.75, 3.05) is 0 Å². The van der Waals surface area contributed by atoms with Gasteiger partial charge in [0.25, 0.3) is 0 Å². The predicted octanol–water partition coefficient (Wildman–Crippen LogP) is 4.09. The first kappa shape index (κ1) is 21.7. The van der Waals surface area contributed by atoms with E-state index in [1.807, 2.05) is 0 Å². The van der Waals surface area contributed by atoms with Crippen LogP contribution in [0.25, 0.3) is 0 Å². The molecule has 0 bridgehead atoms. The molecule has 5 nitrogen and oxygen atoms in total. The number of primary amides is 1. The van der Waals surface area contributed by atoms with Crippen LogP contribution in [-0.4, -0.2) is 23.0 Å². The van der Waals surface area contributed by atoms with Crippen molar-refractivity contribution >= 4 is 11.8 Å². The van der Waals surface area contributed by atoms with E-state index in [2.05, 4.69) is 5.32 Å². The third-order valence-corrected chi connectivity index (χ3v) is 5.39. The number of phenolic OH excluding ortho intramolecular Hbond substituents is 1. The Morgan fingerprint density at radius 2 is 1.67 bits per heavy atom. The van der Waals surface area contributed by atoms with Crippen LogP contribution in [0.4, 0.5) is 13.2 Å². The quantitative estimate of drug-likeness (QED) is 0.680. The van der Waals surface area contributed by atoms with Crippen LogP contribution in [0.1, 0.15) is 65.1 Å². The minimum absolute atomic E-state index is 0.0645. The highest BCUT2D eigenvalue weighted by Crippen LogP contribution is 2.39. The Hall–Kier alpha value is -3.03. The van der Waals surface area contributed by atoms with Gasteiger partial charge in [0.05, 0.1) is 11.5 Å². The number of alkyl halides is 3. The number of nitrogens with two attached hydrogens (primary N) is 1. The number of amides is 2. The predicted molar refractivity (Wildman–Crippen MR) is 105 cm³/mol. The second kappa shape index (κ2) is 8.77. The van der Waals surface area contributed by atoms with Crippen LogP contribution in [0.2, 0.25) is 0 Å². The maximum absolute atomic E-state index is 13.8. The van der Waals surface area contributed by atoms with Crippen LogP contribution >= 0.6 is 0 Å². The van der Waals surface area contributed by atoms with Crippen molar-refractivity contribution in [2.24, 2.45) is 5.73 Å². The van der Waals surface area contributed by atoms with Gasteiger partial charge in [0.15, 0.2) is 0 Å². The summed E-state index contributed by atoms with van der Waals surface area (Å²) in [4.78, 5) is 24.6. The van der Waals surface area contributed by atoms with E-state index in [0.29, 0.717) is 11.6 Å². The van der Waals surface area contributed by atoms with E-state index in [0.717, 1.165) is 38.2 Å². The van der Waals surface area contributed by atoms with Crippen molar-refractivity contribution in [1.82, 2.24) is 5.32 Å². The number of phenols is 1. The van der Waals surface area contributed by atoms with E-state index in [1.54, 1.807) is 0 Å². The molecule has 1 fully saturated rings. The standard InChI is InChI=1S/C22H23F3N2O3/c23-22(24,25)18-12-14(20(26)29)8-11-17(18)19(13-6-9-16(28)10-7-13)21(30)27-15-4-2-1-3-5-15/h6-12,15,19,28H,1-5H2,(H2,26,29)(H,27,30). The molecule has 4 N–H and O–H groups in total. The van der Waals surface area contributed by atoms with E-state index >= 15 is 0 Å². The third kappa shape index (κ3) is 4.93. The second-order valence-electron chi connectivity index (χ2n) is 7.53. The Morgan fingerprint density at radius 1 is 1.03 bits per heavy atom. The monoisotopic (exact) mass is 420 g/mol. The zero-order chi connectivity index (χ0) is 21.9. The molecule has 2 amide bonds. The highest BCUT2D eigenvalue weighted by Gasteiger charge is 2.38. The average Bonchev–Trinajstić information content (AvgIpc) is 2.69. The number of carbonyl (C=O) groups is 2. The molecular formula is C22H23F3N2O3. The number of halogens is 3. The molecule has 3 rings (SSSR count). The molecule has 0 heterocycles. The summed E-state index contributed by atoms with van der Waals surface area (Å²) in [6.45, 7) is 0. The van der Waals surface area contributed by atoms with Crippen molar-refractivity contribution in [3.63, 3.8) is 0 Å². The average molecular weight is 420 g/mol. The van der Waals surface area contributed by atoms with Gasteiger partial charge in [0, 0.05) is 11.6 Å². The van der Waals surface area contributed by atoms with Gasteiger partial charge in [-0.15, -0.1) is 0 Å². The lowest BCUT2D eigenvalue weighted by Gasteiger charge is -2.27. The summed E-state index contributed by atoms with van der Waals surface area (Å²) in [5.41, 5.74) is 3.81. The fourth-order valence-electron chi connectivity index (χ4n) is 3.88. The molecule has 0 saturated heterocycles. The smallest absolute Gasteiger partial charge is 0.416 e. The lowest BCUT2D eigenvalue weighted by atomic mass is 9.85. The van der Waals surface area contributed by atoms with Crippen molar-refractivity contribution in [2.45, 2.75) is 50.2 Å². The topological polar surface area (TPSA) is 92.4 Å². The van der Waals surface area contributed by atoms with Crippen molar-refractivity contribution in [1.29, 1.82) is 0 Å². The zero-order valence-electron chi connectivity index (χ0n) is 16.2. The molecule has 1 saturated carbocycles. The summed E-state index contributed by atoms with van der Waals surface area (Å²) in [7, 11) is 0. The number of hydrogen-bond acceptors (Lipinski definition) is 3. The molecule has 30 heavy (non-hydrogen) atoms. The molecule has 0 aromatic heterocycles. The maximum atomic E-state index is 13.8. The van der Waals surface area contributed by atoms with E-state index < -0.39 is 29.5 Å². The molecule has 8 heteroatoms. The van der Waals surface area contributed by atoms with Gasteiger partial charge in [-0.1, -0.05) is 37.5 Å². The molecule has 1 atom stereocenters. The van der Waals surface area contributed by atoms with E-state index in [-0.39, 0.29) is 22.9 Å². The zero-order valence-corrected chi connectivity index (χ0v) is 16.2. The molecule has 1 aliphatic carbocycles. The van der Waals surface area contributed by atoms with Crippen molar-refractivity contribution in [3.05, 3.63) is 64.7 Å². The Bertz CT molecular complexity index is 920. The first-order chi connectivity index (χ1) is 14.2. The molecule has 0 spiro atoms. The largest absolute Gasteiger partial charge is 0.508 e. The van der Waals surface area contributed by atoms with Crippen LogP contribution in [0.3, 0.4) is 0 Å². The van der Waals surface area contributed by atoms with Gasteiger partial charge in [-0.3, -0.25) is 9.59 Å². The first-order valence-corrected chi connectivity index (χ1v) is 9.77. The van der Waals surface area contributed by atoms with E-state index in [9.17, 15) is 27.9 Å². The lowest BCUT2D eigenvalue weighted by molar-refractivity contribution is -0.138. The van der Waals surface area contributed by atoms with Crippen LogP contribution in [0.5, 0.6) is 5.75 Å². The minimum atomic E-state index is -4.79. The molecule has 1 unspecified atom stereocenters. The summed E-state index contributed by atoms with van der Waals surface area (Å²) >= 11 is 0. The fourth-order valence-corrected chi connectivity index (χ4v) is 3.88. The van der Waals surface area contributed by atoms with Crippen LogP contribution in [0, 0.1) is 0 Å². The number of hydrogen-bond donors (Lipinski definition) is 3. The van der Waals surface area contributed by atoms with Crippen LogP contribution < -0.4 is 11.1 Å². The number of carbonyl (C=O) groups excluding carboxylic acids is 2. The van der Waals surface area contributed by atoms with Gasteiger partial charge < -0.3 is 16.2 Å². The summed E-state index contributed by atoms with van der Waals surface area (Å²) < 4.78 is 41.5. The Kier molecular flexibility index (Phi) is 6.34. The summed E-state index contributed by atoms with van der Waals surface area (Å²) in [5.74, 6) is -2.86. The van der Waals surface area contributed by atoms with Gasteiger partial charge in [0.2, 0.25) is 11.8 Å². The molecule has 160 valence electrons. The molecule has 0 aliphatic heterocycles. The summed E-state index contributed by atoms with van der Waals surface area (Å²) in [6.07, 6.45) is -0.255. The SMILES string of the molecule is NC(=O)c1ccc(C(C(=O)NC2CCCCC2)c2ccc(O)cc2)c(C(F)(F)F)c1. The van der Waals surface area contributed by atoms with Crippen LogP contribution in [0.15, 0.2) is 42.5 Å². The van der Waals surface area contributed by atoms with E-state index in [1.165, 1.54) is 30.3 Å². The van der Waals surface area contributed by atoms with Crippen LogP contribution in [-0.2, 0) is 11.0 Å². The third-order valence-electron chi connectivity index (χ3n) is 5.39. The van der Waals surface area contributed by atoms with Gasteiger partial charge in [-0.2, -0.15) is 13.2 Å². The molecule has 1 aliphatic rings. The Labute approximate surface area is 172 Å². The summed E-state index contributed by atoms with van der Waals surface area (Å²) in [6, 6.07) is 8.38. The Balaban J connectivity index is 2.08. The van der Waals surface area contributed by atoms with Gasteiger partial charge >= 0.3 is 6.18 Å². The van der Waals surface area contributed by atoms with Gasteiger partial charge in [-0.05, 0) is 48.2 Å². The normalized spacial score (nSPS) is 16.1. The molecule has 2 aromatic rings. The molecule has 0 radical (unpaired) electrons. The minimum Gasteiger partial charge on any atom is -0.508 e. The van der Waals surface area contributed by atoms with E-state index in [4.69, 9.17) is 5.73 Å². The highest BCUT2D eigenvalue weighted by molar-refractivity contribution is 5.94. The second-order valence-corrected chi connectivity index (χ2v) is 7.53. The van der Waals surface area contributed by atoms with Gasteiger partial charge in [-0.25, -0.2) is 0 Å².